The molecule has 1 aliphatic heterocycles. The average molecular weight is 253 g/mol. The van der Waals surface area contributed by atoms with E-state index in [0.29, 0.717) is 18.7 Å². The van der Waals surface area contributed by atoms with Crippen molar-refractivity contribution in [1.29, 1.82) is 0 Å². The highest BCUT2D eigenvalue weighted by Crippen LogP contribution is 2.46. The average Bonchev–Trinajstić information content (AvgIpc) is 2.57. The molecule has 0 N–H and O–H groups in total. The standard InChI is InChI=1S/C12H11BF3NO/c13-11(12(14,15)16)5-2-1-3-9(7-11)17-6-4-10(18)8-17/h1-3,5,7H,4,6,8H2. The molecule has 2 nitrogen and oxygen atoms in total. The van der Waals surface area contributed by atoms with Gasteiger partial charge in [0.25, 0.3) is 0 Å². The first-order valence-electron chi connectivity index (χ1n) is 5.53. The van der Waals surface area contributed by atoms with Gasteiger partial charge < -0.3 is 4.90 Å². The SMILES string of the molecule is [B]C1(C(F)(F)F)C=CC=CC(N2CCC(=O)C2)=C1. The summed E-state index contributed by atoms with van der Waals surface area (Å²) in [6.07, 6.45) is 1.98. The maximum absolute atomic E-state index is 12.9. The van der Waals surface area contributed by atoms with E-state index in [1.54, 1.807) is 4.90 Å². The van der Waals surface area contributed by atoms with Crippen molar-refractivity contribution < 1.29 is 18.0 Å². The molecule has 1 fully saturated rings. The molecule has 0 saturated carbocycles. The molecule has 2 rings (SSSR count). The first kappa shape index (κ1) is 13.0. The quantitative estimate of drug-likeness (QED) is 0.667. The van der Waals surface area contributed by atoms with Gasteiger partial charge in [0.1, 0.15) is 0 Å². The third-order valence-electron chi connectivity index (χ3n) is 3.02. The van der Waals surface area contributed by atoms with Crippen molar-refractivity contribution in [2.24, 2.45) is 0 Å². The molecular weight excluding hydrogens is 242 g/mol. The van der Waals surface area contributed by atoms with Crippen LogP contribution in [0.4, 0.5) is 13.2 Å². The number of carbonyl (C=O) groups is 1. The normalized spacial score (nSPS) is 28.5. The number of hydrogen-bond acceptors (Lipinski definition) is 2. The Kier molecular flexibility index (Phi) is 3.13. The number of ketones is 1. The van der Waals surface area contributed by atoms with Crippen LogP contribution in [0, 0.1) is 0 Å². The minimum atomic E-state index is -4.56. The van der Waals surface area contributed by atoms with Crippen molar-refractivity contribution >= 4 is 13.6 Å². The van der Waals surface area contributed by atoms with E-state index in [2.05, 4.69) is 0 Å². The van der Waals surface area contributed by atoms with E-state index in [-0.39, 0.29) is 12.3 Å². The van der Waals surface area contributed by atoms with Crippen LogP contribution in [-0.2, 0) is 4.79 Å². The fraction of sp³-hybridized carbons (Fsp3) is 0.417. The number of halogens is 3. The number of carbonyl (C=O) groups excluding carboxylic acids is 1. The van der Waals surface area contributed by atoms with Crippen LogP contribution in [-0.4, -0.2) is 37.8 Å². The number of hydrogen-bond donors (Lipinski definition) is 0. The molecule has 0 bridgehead atoms. The van der Waals surface area contributed by atoms with Gasteiger partial charge >= 0.3 is 6.18 Å². The number of rotatable bonds is 1. The monoisotopic (exact) mass is 253 g/mol. The van der Waals surface area contributed by atoms with Crippen molar-refractivity contribution in [3.05, 3.63) is 36.1 Å². The van der Waals surface area contributed by atoms with Gasteiger partial charge in [-0.25, -0.2) is 0 Å². The molecular formula is C12H11BF3NO. The van der Waals surface area contributed by atoms with Crippen LogP contribution in [0.2, 0.25) is 5.31 Å². The van der Waals surface area contributed by atoms with Crippen LogP contribution in [0.25, 0.3) is 0 Å². The molecule has 0 aromatic heterocycles. The Bertz CT molecular complexity index is 453. The lowest BCUT2D eigenvalue weighted by Crippen LogP contribution is -2.30. The largest absolute Gasteiger partial charge is 0.393 e. The molecule has 1 aliphatic carbocycles. The molecule has 0 amide bonds. The first-order chi connectivity index (χ1) is 8.32. The van der Waals surface area contributed by atoms with Gasteiger partial charge in [-0.05, 0) is 6.08 Å². The summed E-state index contributed by atoms with van der Waals surface area (Å²) >= 11 is 0. The highest BCUT2D eigenvalue weighted by atomic mass is 19.4. The molecule has 94 valence electrons. The Morgan fingerprint density at radius 1 is 1.33 bits per heavy atom. The fourth-order valence-corrected chi connectivity index (χ4v) is 1.93. The summed E-state index contributed by atoms with van der Waals surface area (Å²) in [5, 5.41) is -2.49. The summed E-state index contributed by atoms with van der Waals surface area (Å²) in [6, 6.07) is 0. The van der Waals surface area contributed by atoms with Gasteiger partial charge in [-0.3, -0.25) is 4.79 Å². The molecule has 1 atom stereocenters. The summed E-state index contributed by atoms with van der Waals surface area (Å²) in [7, 11) is 5.39. The van der Waals surface area contributed by atoms with E-state index in [4.69, 9.17) is 7.85 Å². The molecule has 0 aromatic rings. The molecule has 0 spiro atoms. The molecule has 18 heavy (non-hydrogen) atoms. The summed E-state index contributed by atoms with van der Waals surface area (Å²) in [6.45, 7) is 0.576. The lowest BCUT2D eigenvalue weighted by Gasteiger charge is -2.28. The van der Waals surface area contributed by atoms with Crippen LogP contribution in [0.5, 0.6) is 0 Å². The Hall–Kier alpha value is -1.46. The van der Waals surface area contributed by atoms with Gasteiger partial charge in [0, 0.05) is 18.7 Å². The van der Waals surface area contributed by atoms with Crippen LogP contribution in [0.1, 0.15) is 6.42 Å². The highest BCUT2D eigenvalue weighted by molar-refractivity contribution is 6.19. The zero-order valence-electron chi connectivity index (χ0n) is 9.57. The molecule has 2 aliphatic rings. The molecule has 1 heterocycles. The maximum Gasteiger partial charge on any atom is 0.393 e. The highest BCUT2D eigenvalue weighted by Gasteiger charge is 2.47. The molecule has 1 unspecified atom stereocenters. The summed E-state index contributed by atoms with van der Waals surface area (Å²) in [5.74, 6) is 0.0242. The van der Waals surface area contributed by atoms with Crippen molar-refractivity contribution in [2.45, 2.75) is 17.9 Å². The lowest BCUT2D eigenvalue weighted by atomic mass is 9.67. The van der Waals surface area contributed by atoms with Gasteiger partial charge in [0.2, 0.25) is 0 Å². The van der Waals surface area contributed by atoms with Gasteiger partial charge in [0.15, 0.2) is 5.78 Å². The maximum atomic E-state index is 12.9. The topological polar surface area (TPSA) is 20.3 Å². The van der Waals surface area contributed by atoms with Gasteiger partial charge in [-0.15, -0.1) is 0 Å². The van der Waals surface area contributed by atoms with E-state index >= 15 is 0 Å². The van der Waals surface area contributed by atoms with Crippen molar-refractivity contribution in [1.82, 2.24) is 4.90 Å². The van der Waals surface area contributed by atoms with E-state index in [1.807, 2.05) is 0 Å². The third kappa shape index (κ3) is 2.37. The van der Waals surface area contributed by atoms with Crippen LogP contribution < -0.4 is 0 Å². The molecule has 1 saturated heterocycles. The van der Waals surface area contributed by atoms with Crippen molar-refractivity contribution in [2.75, 3.05) is 13.1 Å². The van der Waals surface area contributed by atoms with Crippen LogP contribution >= 0.6 is 0 Å². The zero-order valence-corrected chi connectivity index (χ0v) is 9.57. The second-order valence-electron chi connectivity index (χ2n) is 4.43. The minimum Gasteiger partial charge on any atom is -0.364 e. The van der Waals surface area contributed by atoms with Gasteiger partial charge in [-0.1, -0.05) is 24.3 Å². The Balaban J connectivity index is 2.33. The molecule has 0 aromatic carbocycles. The number of Topliss-reactive ketones (excluding diaryl/α,β-unsaturated/α-hetero) is 1. The molecule has 2 radical (unpaired) electrons. The van der Waals surface area contributed by atoms with E-state index < -0.39 is 11.5 Å². The van der Waals surface area contributed by atoms with Crippen LogP contribution in [0.15, 0.2) is 36.1 Å². The smallest absolute Gasteiger partial charge is 0.364 e. The Morgan fingerprint density at radius 2 is 2.06 bits per heavy atom. The zero-order chi connectivity index (χ0) is 13.4. The Labute approximate surface area is 104 Å². The second kappa shape index (κ2) is 4.33. The molecule has 6 heteroatoms. The third-order valence-corrected chi connectivity index (χ3v) is 3.02. The Morgan fingerprint density at radius 3 is 2.61 bits per heavy atom. The predicted molar refractivity (Wildman–Crippen MR) is 62.1 cm³/mol. The van der Waals surface area contributed by atoms with Gasteiger partial charge in [0.05, 0.1) is 19.7 Å². The predicted octanol–water partition coefficient (Wildman–Crippen LogP) is 2.16. The number of alkyl halides is 3. The van der Waals surface area contributed by atoms with E-state index in [0.717, 1.165) is 12.2 Å². The van der Waals surface area contributed by atoms with E-state index in [9.17, 15) is 18.0 Å². The number of likely N-dealkylation sites (tertiary alicyclic amines) is 1. The lowest BCUT2D eigenvalue weighted by molar-refractivity contribution is -0.142. The first-order valence-corrected chi connectivity index (χ1v) is 5.53. The van der Waals surface area contributed by atoms with Gasteiger partial charge in [-0.2, -0.15) is 13.2 Å². The fourth-order valence-electron chi connectivity index (χ4n) is 1.93. The summed E-state index contributed by atoms with van der Waals surface area (Å²) in [4.78, 5) is 12.8. The van der Waals surface area contributed by atoms with Crippen LogP contribution in [0.3, 0.4) is 0 Å². The van der Waals surface area contributed by atoms with E-state index in [1.165, 1.54) is 18.2 Å². The number of nitrogens with zero attached hydrogens (tertiary/aromatic N) is 1. The minimum absolute atomic E-state index is 0.0242. The van der Waals surface area contributed by atoms with Crippen molar-refractivity contribution in [3.8, 4) is 0 Å². The summed E-state index contributed by atoms with van der Waals surface area (Å²) < 4.78 is 38.7. The summed E-state index contributed by atoms with van der Waals surface area (Å²) in [5.41, 5.74) is 0.339. The number of allylic oxidation sites excluding steroid dienone is 5. The van der Waals surface area contributed by atoms with Crippen molar-refractivity contribution in [3.63, 3.8) is 0 Å². The second-order valence-corrected chi connectivity index (χ2v) is 4.43.